The number of nitrogens with zero attached hydrogens (tertiary/aromatic N) is 6. The SMILES string of the molecule is Cc1nnc(N2CCCC(C(=O)CCCCN3CCCCCC3)C2)c2nn(-c3ccccc3)c(C)c12. The van der Waals surface area contributed by atoms with Crippen LogP contribution < -0.4 is 4.90 Å². The second-order valence-electron chi connectivity index (χ2n) is 10.6. The summed E-state index contributed by atoms with van der Waals surface area (Å²) in [7, 11) is 0. The fraction of sp³-hybridized carbons (Fsp3) is 0.586. The summed E-state index contributed by atoms with van der Waals surface area (Å²) < 4.78 is 1.99. The monoisotopic (exact) mass is 488 g/mol. The van der Waals surface area contributed by atoms with Gasteiger partial charge in [-0.25, -0.2) is 4.68 Å². The second-order valence-corrected chi connectivity index (χ2v) is 10.6. The molecule has 5 rings (SSSR count). The van der Waals surface area contributed by atoms with Crippen molar-refractivity contribution < 1.29 is 4.79 Å². The van der Waals surface area contributed by atoms with Crippen LogP contribution in [0, 0.1) is 19.8 Å². The number of para-hydroxylation sites is 1. The number of unbranched alkanes of at least 4 members (excludes halogenated alkanes) is 1. The van der Waals surface area contributed by atoms with Gasteiger partial charge in [-0.05, 0) is 84.1 Å². The zero-order chi connectivity index (χ0) is 24.9. The van der Waals surface area contributed by atoms with Gasteiger partial charge in [0.1, 0.15) is 11.3 Å². The smallest absolute Gasteiger partial charge is 0.179 e. The molecule has 3 aromatic rings. The third-order valence-electron chi connectivity index (χ3n) is 8.01. The minimum atomic E-state index is 0.0763. The molecule has 2 aliphatic heterocycles. The quantitative estimate of drug-likeness (QED) is 0.403. The number of ketones is 1. The first-order chi connectivity index (χ1) is 17.6. The third kappa shape index (κ3) is 5.46. The molecule has 0 amide bonds. The number of aromatic nitrogens is 4. The molecular formula is C29H40N6O. The van der Waals surface area contributed by atoms with Crippen molar-refractivity contribution in [1.29, 1.82) is 0 Å². The van der Waals surface area contributed by atoms with E-state index in [1.165, 1.54) is 38.8 Å². The fourth-order valence-electron chi connectivity index (χ4n) is 5.98. The van der Waals surface area contributed by atoms with Crippen LogP contribution in [0.2, 0.25) is 0 Å². The zero-order valence-electron chi connectivity index (χ0n) is 22.0. The van der Waals surface area contributed by atoms with Gasteiger partial charge in [0.15, 0.2) is 5.82 Å². The van der Waals surface area contributed by atoms with Crippen molar-refractivity contribution in [3.8, 4) is 5.69 Å². The van der Waals surface area contributed by atoms with Crippen LogP contribution in [-0.2, 0) is 4.79 Å². The molecule has 0 N–H and O–H groups in total. The second kappa shape index (κ2) is 11.5. The van der Waals surface area contributed by atoms with Crippen LogP contribution in [0.4, 0.5) is 5.82 Å². The molecule has 1 unspecified atom stereocenters. The molecule has 192 valence electrons. The lowest BCUT2D eigenvalue weighted by Crippen LogP contribution is -2.39. The van der Waals surface area contributed by atoms with E-state index in [1.54, 1.807) is 0 Å². The van der Waals surface area contributed by atoms with Crippen LogP contribution in [0.5, 0.6) is 0 Å². The summed E-state index contributed by atoms with van der Waals surface area (Å²) in [5, 5.41) is 15.1. The summed E-state index contributed by atoms with van der Waals surface area (Å²) in [5.41, 5.74) is 3.87. The first-order valence-electron chi connectivity index (χ1n) is 13.9. The van der Waals surface area contributed by atoms with Crippen molar-refractivity contribution in [2.45, 2.75) is 71.6 Å². The van der Waals surface area contributed by atoms with E-state index >= 15 is 0 Å². The standard InChI is InChI=1S/C29H40N6O/c1-22-27-23(2)35(25-14-6-5-7-15-25)32-28(27)29(31-30-22)34-20-12-13-24(21-34)26(36)16-8-11-19-33-17-9-3-4-10-18-33/h5-7,14-15,24H,3-4,8-13,16-21H2,1-2H3. The van der Waals surface area contributed by atoms with Gasteiger partial charge < -0.3 is 9.80 Å². The van der Waals surface area contributed by atoms with Crippen molar-refractivity contribution in [2.75, 3.05) is 37.6 Å². The molecule has 2 aromatic heterocycles. The number of hydrogen-bond acceptors (Lipinski definition) is 6. The summed E-state index contributed by atoms with van der Waals surface area (Å²) in [5.74, 6) is 1.30. The van der Waals surface area contributed by atoms with Crippen LogP contribution in [0.25, 0.3) is 16.6 Å². The Labute approximate surface area is 214 Å². The lowest BCUT2D eigenvalue weighted by molar-refractivity contribution is -0.123. The number of carbonyl (C=O) groups is 1. The fourth-order valence-corrected chi connectivity index (χ4v) is 5.98. The Morgan fingerprint density at radius 3 is 2.50 bits per heavy atom. The lowest BCUT2D eigenvalue weighted by atomic mass is 9.91. The number of Topliss-reactive ketones (excluding diaryl/α,β-unsaturated/α-hetero) is 1. The average molecular weight is 489 g/mol. The van der Waals surface area contributed by atoms with E-state index in [0.29, 0.717) is 12.2 Å². The van der Waals surface area contributed by atoms with E-state index in [-0.39, 0.29) is 5.92 Å². The van der Waals surface area contributed by atoms with E-state index in [1.807, 2.05) is 29.8 Å². The van der Waals surface area contributed by atoms with Gasteiger partial charge in [-0.1, -0.05) is 31.0 Å². The molecule has 0 bridgehead atoms. The molecular weight excluding hydrogens is 448 g/mol. The van der Waals surface area contributed by atoms with E-state index in [0.717, 1.165) is 79.1 Å². The summed E-state index contributed by atoms with van der Waals surface area (Å²) in [6.45, 7) is 9.31. The minimum absolute atomic E-state index is 0.0763. The Hall–Kier alpha value is -2.80. The van der Waals surface area contributed by atoms with E-state index in [2.05, 4.69) is 39.1 Å². The maximum atomic E-state index is 13.1. The molecule has 0 spiro atoms. The molecule has 1 atom stereocenters. The highest BCUT2D eigenvalue weighted by Gasteiger charge is 2.29. The number of benzene rings is 1. The number of carbonyl (C=O) groups excluding carboxylic acids is 1. The van der Waals surface area contributed by atoms with Gasteiger partial charge in [-0.2, -0.15) is 10.2 Å². The highest BCUT2D eigenvalue weighted by Crippen LogP contribution is 2.32. The molecule has 1 aromatic carbocycles. The van der Waals surface area contributed by atoms with Crippen LogP contribution in [0.1, 0.15) is 69.2 Å². The Kier molecular flexibility index (Phi) is 7.95. The molecule has 0 saturated carbocycles. The van der Waals surface area contributed by atoms with Gasteiger partial charge in [0.05, 0.1) is 22.5 Å². The van der Waals surface area contributed by atoms with Crippen molar-refractivity contribution >= 4 is 22.5 Å². The van der Waals surface area contributed by atoms with Crippen molar-refractivity contribution in [1.82, 2.24) is 24.9 Å². The molecule has 2 aliphatic rings. The number of likely N-dealkylation sites (tertiary alicyclic amines) is 1. The molecule has 7 heteroatoms. The summed E-state index contributed by atoms with van der Waals surface area (Å²) in [6.07, 6.45) is 10.2. The number of piperidine rings is 1. The zero-order valence-corrected chi connectivity index (χ0v) is 22.0. The number of fused-ring (bicyclic) bond motifs is 1. The van der Waals surface area contributed by atoms with Crippen LogP contribution >= 0.6 is 0 Å². The summed E-state index contributed by atoms with van der Waals surface area (Å²) in [4.78, 5) is 18.0. The van der Waals surface area contributed by atoms with E-state index < -0.39 is 0 Å². The molecule has 0 aliphatic carbocycles. The third-order valence-corrected chi connectivity index (χ3v) is 8.01. The molecule has 7 nitrogen and oxygen atoms in total. The maximum absolute atomic E-state index is 13.1. The minimum Gasteiger partial charge on any atom is -0.353 e. The van der Waals surface area contributed by atoms with Gasteiger partial charge in [0.25, 0.3) is 0 Å². The van der Waals surface area contributed by atoms with Crippen LogP contribution in [0.15, 0.2) is 30.3 Å². The topological polar surface area (TPSA) is 67.2 Å². The summed E-state index contributed by atoms with van der Waals surface area (Å²) >= 11 is 0. The first-order valence-corrected chi connectivity index (χ1v) is 13.9. The normalized spacial score (nSPS) is 19.5. The Morgan fingerprint density at radius 1 is 0.944 bits per heavy atom. The van der Waals surface area contributed by atoms with Crippen LogP contribution in [0.3, 0.4) is 0 Å². The highest BCUT2D eigenvalue weighted by molar-refractivity contribution is 5.92. The number of hydrogen-bond donors (Lipinski definition) is 0. The predicted octanol–water partition coefficient (Wildman–Crippen LogP) is 5.26. The lowest BCUT2D eigenvalue weighted by Gasteiger charge is -2.32. The van der Waals surface area contributed by atoms with Crippen LogP contribution in [-0.4, -0.2) is 63.4 Å². The number of anilines is 1. The molecule has 2 saturated heterocycles. The predicted molar refractivity (Wildman–Crippen MR) is 145 cm³/mol. The van der Waals surface area contributed by atoms with Gasteiger partial charge in [0.2, 0.25) is 0 Å². The Balaban J connectivity index is 1.25. The van der Waals surface area contributed by atoms with Gasteiger partial charge in [0, 0.05) is 25.4 Å². The molecule has 0 radical (unpaired) electrons. The van der Waals surface area contributed by atoms with Crippen molar-refractivity contribution in [3.63, 3.8) is 0 Å². The largest absolute Gasteiger partial charge is 0.353 e. The first kappa shape index (κ1) is 24.9. The summed E-state index contributed by atoms with van der Waals surface area (Å²) in [6, 6.07) is 10.2. The van der Waals surface area contributed by atoms with Gasteiger partial charge in [-0.15, -0.1) is 5.10 Å². The highest BCUT2D eigenvalue weighted by atomic mass is 16.1. The van der Waals surface area contributed by atoms with Crippen molar-refractivity contribution in [3.05, 3.63) is 41.7 Å². The number of aryl methyl sites for hydroxylation is 2. The molecule has 36 heavy (non-hydrogen) atoms. The van der Waals surface area contributed by atoms with E-state index in [9.17, 15) is 4.79 Å². The maximum Gasteiger partial charge on any atom is 0.179 e. The Bertz CT molecular complexity index is 1170. The average Bonchev–Trinajstić information content (AvgIpc) is 3.07. The molecule has 2 fully saturated rings. The number of rotatable bonds is 8. The van der Waals surface area contributed by atoms with Gasteiger partial charge >= 0.3 is 0 Å². The van der Waals surface area contributed by atoms with Crippen molar-refractivity contribution in [2.24, 2.45) is 5.92 Å². The Morgan fingerprint density at radius 2 is 1.72 bits per heavy atom. The molecule has 4 heterocycles. The van der Waals surface area contributed by atoms with E-state index in [4.69, 9.17) is 5.10 Å². The van der Waals surface area contributed by atoms with Gasteiger partial charge in [-0.3, -0.25) is 4.79 Å².